The molecule has 0 spiro atoms. The van der Waals surface area contributed by atoms with E-state index in [-0.39, 0.29) is 30.3 Å². The molecule has 4 saturated carbocycles. The van der Waals surface area contributed by atoms with Crippen LogP contribution in [0.3, 0.4) is 0 Å². The van der Waals surface area contributed by atoms with Crippen LogP contribution in [0.5, 0.6) is 0 Å². The summed E-state index contributed by atoms with van der Waals surface area (Å²) in [6.45, 7) is -0.181. The lowest BCUT2D eigenvalue weighted by atomic mass is 9.80. The van der Waals surface area contributed by atoms with E-state index >= 15 is 0 Å². The highest BCUT2D eigenvalue weighted by Gasteiger charge is 2.56. The van der Waals surface area contributed by atoms with E-state index in [9.17, 15) is 19.2 Å². The quantitative estimate of drug-likeness (QED) is 0.0879. The maximum Gasteiger partial charge on any atom is 0.311 e. The van der Waals surface area contributed by atoms with Crippen molar-refractivity contribution in [2.75, 3.05) is 6.61 Å². The molecule has 338 valence electrons. The van der Waals surface area contributed by atoms with Gasteiger partial charge in [-0.1, -0.05) is 168 Å². The zero-order valence-corrected chi connectivity index (χ0v) is 36.8. The van der Waals surface area contributed by atoms with Crippen LogP contribution in [0.25, 0.3) is 0 Å². The molecule has 0 amide bonds. The van der Waals surface area contributed by atoms with Gasteiger partial charge in [0.15, 0.2) is 12.2 Å². The number of esters is 4. The lowest BCUT2D eigenvalue weighted by molar-refractivity contribution is -0.307. The summed E-state index contributed by atoms with van der Waals surface area (Å²) in [6, 6.07) is 29.8. The van der Waals surface area contributed by atoms with E-state index in [0.29, 0.717) is 51.4 Å². The Hall–Kier alpha value is -4.54. The molecule has 5 aliphatic rings. The molecule has 63 heavy (non-hydrogen) atoms. The van der Waals surface area contributed by atoms with Crippen LogP contribution in [-0.4, -0.2) is 61.2 Å². The first kappa shape index (κ1) is 45.0. The van der Waals surface area contributed by atoms with Crippen LogP contribution in [0, 0.1) is 23.7 Å². The average molecular weight is 863 g/mol. The molecular formula is C53H66O10. The molecule has 1 saturated heterocycles. The van der Waals surface area contributed by atoms with E-state index in [1.54, 1.807) is 0 Å². The summed E-state index contributed by atoms with van der Waals surface area (Å²) in [5, 5.41) is 0. The van der Waals surface area contributed by atoms with E-state index in [0.717, 1.165) is 93.7 Å². The molecule has 10 heteroatoms. The van der Waals surface area contributed by atoms with Crippen LogP contribution in [0.15, 0.2) is 91.0 Å². The van der Waals surface area contributed by atoms with E-state index < -0.39 is 60.2 Å². The van der Waals surface area contributed by atoms with Crippen molar-refractivity contribution in [3.05, 3.63) is 108 Å². The maximum absolute atomic E-state index is 14.4. The molecule has 8 rings (SSSR count). The molecule has 5 atom stereocenters. The molecule has 0 bridgehead atoms. The SMILES string of the molecule is O=C(OC1O[C@H](COC(c2ccccc2)(c2ccccc2)c2ccccc2)[C@H](OC(=O)C2CCCCC2)[C@H](OC(=O)C2CCCCC2)[C@H]1OC(=O)C1CCCCC1)C1CCCCC1. The van der Waals surface area contributed by atoms with Crippen molar-refractivity contribution in [2.24, 2.45) is 23.7 Å². The van der Waals surface area contributed by atoms with Gasteiger partial charge >= 0.3 is 23.9 Å². The Morgan fingerprint density at radius 3 is 1.10 bits per heavy atom. The highest BCUT2D eigenvalue weighted by molar-refractivity contribution is 5.75. The zero-order valence-electron chi connectivity index (χ0n) is 36.8. The van der Waals surface area contributed by atoms with Gasteiger partial charge < -0.3 is 28.4 Å². The number of hydrogen-bond donors (Lipinski definition) is 0. The van der Waals surface area contributed by atoms with Crippen LogP contribution in [-0.2, 0) is 53.2 Å². The maximum atomic E-state index is 14.4. The Morgan fingerprint density at radius 1 is 0.413 bits per heavy atom. The number of rotatable bonds is 14. The molecule has 0 aromatic heterocycles. The van der Waals surface area contributed by atoms with Gasteiger partial charge in [0.1, 0.15) is 11.7 Å². The first-order valence-corrected chi connectivity index (χ1v) is 24.2. The van der Waals surface area contributed by atoms with Gasteiger partial charge in [-0.2, -0.15) is 0 Å². The first-order chi connectivity index (χ1) is 30.9. The van der Waals surface area contributed by atoms with Crippen molar-refractivity contribution < 1.29 is 47.6 Å². The predicted octanol–water partition coefficient (Wildman–Crippen LogP) is 10.3. The largest absolute Gasteiger partial charge is 0.455 e. The van der Waals surface area contributed by atoms with Gasteiger partial charge in [-0.15, -0.1) is 0 Å². The third kappa shape index (κ3) is 10.9. The van der Waals surface area contributed by atoms with Crippen molar-refractivity contribution in [1.82, 2.24) is 0 Å². The van der Waals surface area contributed by atoms with Crippen molar-refractivity contribution in [3.63, 3.8) is 0 Å². The van der Waals surface area contributed by atoms with Crippen molar-refractivity contribution in [3.8, 4) is 0 Å². The molecular weight excluding hydrogens is 797 g/mol. The van der Waals surface area contributed by atoms with Crippen molar-refractivity contribution in [1.29, 1.82) is 0 Å². The van der Waals surface area contributed by atoms with Gasteiger partial charge in [-0.25, -0.2) is 0 Å². The predicted molar refractivity (Wildman–Crippen MR) is 236 cm³/mol. The number of hydrogen-bond acceptors (Lipinski definition) is 10. The Balaban J connectivity index is 1.22. The van der Waals surface area contributed by atoms with Crippen molar-refractivity contribution >= 4 is 23.9 Å². The Labute approximate surface area is 373 Å². The Bertz CT molecular complexity index is 1820. The highest BCUT2D eigenvalue weighted by Crippen LogP contribution is 2.43. The van der Waals surface area contributed by atoms with E-state index in [1.807, 2.05) is 91.0 Å². The van der Waals surface area contributed by atoms with E-state index in [1.165, 1.54) is 0 Å². The van der Waals surface area contributed by atoms with Gasteiger partial charge in [0.05, 0.1) is 30.3 Å². The summed E-state index contributed by atoms with van der Waals surface area (Å²) in [5.41, 5.74) is 1.38. The fourth-order valence-corrected chi connectivity index (χ4v) is 10.7. The van der Waals surface area contributed by atoms with Crippen LogP contribution >= 0.6 is 0 Å². The van der Waals surface area contributed by atoms with Gasteiger partial charge in [-0.05, 0) is 68.1 Å². The summed E-state index contributed by atoms with van der Waals surface area (Å²) in [7, 11) is 0. The number of carbonyl (C=O) groups excluding carboxylic acids is 4. The molecule has 0 N–H and O–H groups in total. The third-order valence-corrected chi connectivity index (χ3v) is 14.3. The standard InChI is InChI=1S/C53H66O10/c54-48(37-22-8-1-9-23-37)60-45-44(36-58-53(41-30-16-5-17-31-41,42-32-18-6-19-33-42)43-34-20-7-21-35-43)59-52(63-51(57)40-28-14-4-15-29-40)47(62-50(56)39-26-12-3-13-27-39)46(45)61-49(55)38-24-10-2-11-25-38/h5-7,16-21,30-35,37-40,44-47,52H,1-4,8-15,22-29,36H2/t44-,45+,46+,47-,52?/m1/s1. The number of benzene rings is 3. The average Bonchev–Trinajstić information content (AvgIpc) is 3.35. The van der Waals surface area contributed by atoms with Gasteiger partial charge in [0.25, 0.3) is 0 Å². The zero-order chi connectivity index (χ0) is 43.4. The normalized spacial score (nSPS) is 25.7. The Kier molecular flexibility index (Phi) is 15.7. The summed E-state index contributed by atoms with van der Waals surface area (Å²) in [4.78, 5) is 57.2. The van der Waals surface area contributed by atoms with Gasteiger partial charge in [0.2, 0.25) is 12.4 Å². The first-order valence-electron chi connectivity index (χ1n) is 24.2. The van der Waals surface area contributed by atoms with Crippen molar-refractivity contribution in [2.45, 2.75) is 165 Å². The molecule has 1 aliphatic heterocycles. The Morgan fingerprint density at radius 2 is 0.730 bits per heavy atom. The molecule has 1 heterocycles. The smallest absolute Gasteiger partial charge is 0.311 e. The van der Waals surface area contributed by atoms with Crippen LogP contribution < -0.4 is 0 Å². The second kappa shape index (κ2) is 21.9. The number of carbonyl (C=O) groups is 4. The summed E-state index contributed by atoms with van der Waals surface area (Å²) in [5.74, 6) is -3.19. The molecule has 4 aliphatic carbocycles. The van der Waals surface area contributed by atoms with Gasteiger partial charge in [-0.3, -0.25) is 19.2 Å². The van der Waals surface area contributed by atoms with E-state index in [2.05, 4.69) is 0 Å². The van der Waals surface area contributed by atoms with Crippen LogP contribution in [0.1, 0.15) is 145 Å². The minimum absolute atomic E-state index is 0.181. The topological polar surface area (TPSA) is 124 Å². The lowest BCUT2D eigenvalue weighted by Gasteiger charge is -2.46. The second-order valence-corrected chi connectivity index (χ2v) is 18.6. The molecule has 3 aromatic carbocycles. The molecule has 5 fully saturated rings. The minimum atomic E-state index is -1.46. The summed E-state index contributed by atoms with van der Waals surface area (Å²) < 4.78 is 40.2. The highest BCUT2D eigenvalue weighted by atomic mass is 16.7. The monoisotopic (exact) mass is 862 g/mol. The fraction of sp³-hybridized carbons (Fsp3) is 0.585. The van der Waals surface area contributed by atoms with Crippen LogP contribution in [0.2, 0.25) is 0 Å². The minimum Gasteiger partial charge on any atom is -0.455 e. The van der Waals surface area contributed by atoms with E-state index in [4.69, 9.17) is 28.4 Å². The lowest BCUT2D eigenvalue weighted by Crippen LogP contribution is -2.64. The molecule has 1 unspecified atom stereocenters. The summed E-state index contributed by atoms with van der Waals surface area (Å²) in [6.07, 6.45) is 10.2. The second-order valence-electron chi connectivity index (χ2n) is 18.6. The van der Waals surface area contributed by atoms with Crippen LogP contribution in [0.4, 0.5) is 0 Å². The molecule has 10 nitrogen and oxygen atoms in total. The summed E-state index contributed by atoms with van der Waals surface area (Å²) >= 11 is 0. The van der Waals surface area contributed by atoms with Gasteiger partial charge in [0, 0.05) is 0 Å². The fourth-order valence-electron chi connectivity index (χ4n) is 10.7. The third-order valence-electron chi connectivity index (χ3n) is 14.3. The molecule has 3 aromatic rings. The number of ether oxygens (including phenoxy) is 6. The molecule has 0 radical (unpaired) electrons.